The molecule has 2 saturated heterocycles. The average Bonchev–Trinajstić information content (AvgIpc) is 3.30. The molecule has 2 aliphatic heterocycles. The average molecular weight is 433 g/mol. The predicted octanol–water partition coefficient (Wildman–Crippen LogP) is 1.00. The molecule has 4 rings (SSSR count). The van der Waals surface area contributed by atoms with E-state index < -0.39 is 21.8 Å². The van der Waals surface area contributed by atoms with Crippen molar-refractivity contribution in [2.75, 3.05) is 44.3 Å². The maximum atomic E-state index is 12.2. The number of fused-ring (bicyclic) bond motifs is 1. The Kier molecular flexibility index (Phi) is 5.69. The number of nitrogens with zero attached hydrogens (tertiary/aromatic N) is 3. The maximum absolute atomic E-state index is 12.2. The van der Waals surface area contributed by atoms with E-state index >= 15 is 0 Å². The molecule has 0 radical (unpaired) electrons. The fourth-order valence-electron chi connectivity index (χ4n) is 4.46. The summed E-state index contributed by atoms with van der Waals surface area (Å²) in [6.07, 6.45) is 2.37. The highest BCUT2D eigenvalue weighted by Crippen LogP contribution is 2.32. The Morgan fingerprint density at radius 3 is 2.73 bits per heavy atom. The number of piperazine rings is 1. The second-order valence-electron chi connectivity index (χ2n) is 7.77. The summed E-state index contributed by atoms with van der Waals surface area (Å²) in [7, 11) is -2.94. The SMILES string of the molecule is N#CCOc1ccc2[nH]cc(C(C(=O)O)N3CCN(C4CCS(=O)(=O)C4)CC3)c2c1. The van der Waals surface area contributed by atoms with Crippen LogP contribution in [0.25, 0.3) is 10.9 Å². The first-order valence-corrected chi connectivity index (χ1v) is 11.7. The van der Waals surface area contributed by atoms with E-state index in [1.54, 1.807) is 18.3 Å². The Balaban J connectivity index is 1.52. The van der Waals surface area contributed by atoms with Gasteiger partial charge in [-0.15, -0.1) is 0 Å². The van der Waals surface area contributed by atoms with Crippen molar-refractivity contribution in [1.82, 2.24) is 14.8 Å². The van der Waals surface area contributed by atoms with Crippen molar-refractivity contribution in [3.8, 4) is 11.8 Å². The molecule has 1 aromatic carbocycles. The Hall–Kier alpha value is -2.61. The van der Waals surface area contributed by atoms with Gasteiger partial charge >= 0.3 is 5.97 Å². The number of carbonyl (C=O) groups is 1. The largest absolute Gasteiger partial charge is 0.480 e. The fraction of sp³-hybridized carbons (Fsp3) is 0.500. The molecule has 0 saturated carbocycles. The van der Waals surface area contributed by atoms with Gasteiger partial charge in [-0.05, 0) is 24.6 Å². The summed E-state index contributed by atoms with van der Waals surface area (Å²) < 4.78 is 28.9. The van der Waals surface area contributed by atoms with Crippen molar-refractivity contribution >= 4 is 26.7 Å². The number of aliphatic carboxylic acids is 1. The van der Waals surface area contributed by atoms with Crippen LogP contribution in [0.1, 0.15) is 18.0 Å². The molecular weight excluding hydrogens is 408 g/mol. The lowest BCUT2D eigenvalue weighted by Gasteiger charge is -2.40. The minimum Gasteiger partial charge on any atom is -0.480 e. The minimum atomic E-state index is -2.94. The van der Waals surface area contributed by atoms with Gasteiger partial charge in [0, 0.05) is 54.9 Å². The summed E-state index contributed by atoms with van der Waals surface area (Å²) in [6, 6.07) is 6.45. The van der Waals surface area contributed by atoms with Gasteiger partial charge in [0.25, 0.3) is 0 Å². The van der Waals surface area contributed by atoms with Gasteiger partial charge < -0.3 is 14.8 Å². The van der Waals surface area contributed by atoms with Gasteiger partial charge in [-0.25, -0.2) is 8.42 Å². The smallest absolute Gasteiger partial charge is 0.325 e. The van der Waals surface area contributed by atoms with Gasteiger partial charge in [0.2, 0.25) is 0 Å². The molecule has 0 aliphatic carbocycles. The molecular formula is C20H24N4O5S. The molecule has 2 aromatic rings. The molecule has 10 heteroatoms. The normalized spacial score (nSPS) is 23.2. The standard InChI is InChI=1S/C20H24N4O5S/c21-4-9-29-15-1-2-18-16(11-15)17(12-22-18)19(20(25)26)24-7-5-23(6-8-24)14-3-10-30(27,28)13-14/h1-2,11-12,14,19,22H,3,5-10,13H2,(H,25,26). The van der Waals surface area contributed by atoms with E-state index in [9.17, 15) is 18.3 Å². The lowest BCUT2D eigenvalue weighted by molar-refractivity contribution is -0.144. The first kappa shape index (κ1) is 20.7. The van der Waals surface area contributed by atoms with Gasteiger partial charge in [-0.2, -0.15) is 5.26 Å². The van der Waals surface area contributed by atoms with Gasteiger partial charge in [-0.1, -0.05) is 0 Å². The third kappa shape index (κ3) is 4.14. The number of nitriles is 1. The molecule has 2 fully saturated rings. The molecule has 0 spiro atoms. The molecule has 3 heterocycles. The molecule has 30 heavy (non-hydrogen) atoms. The molecule has 2 aliphatic rings. The number of hydrogen-bond acceptors (Lipinski definition) is 7. The third-order valence-corrected chi connectivity index (χ3v) is 7.71. The van der Waals surface area contributed by atoms with E-state index in [4.69, 9.17) is 10.00 Å². The van der Waals surface area contributed by atoms with Gasteiger partial charge in [0.05, 0.1) is 11.5 Å². The summed E-state index contributed by atoms with van der Waals surface area (Å²) in [6.45, 7) is 2.30. The van der Waals surface area contributed by atoms with Crippen LogP contribution in [0.3, 0.4) is 0 Å². The Labute approximate surface area is 174 Å². The van der Waals surface area contributed by atoms with E-state index in [2.05, 4.69) is 9.88 Å². The van der Waals surface area contributed by atoms with Crippen molar-refractivity contribution in [3.05, 3.63) is 30.0 Å². The van der Waals surface area contributed by atoms with E-state index in [0.29, 0.717) is 43.9 Å². The molecule has 1 aromatic heterocycles. The molecule has 160 valence electrons. The number of H-pyrrole nitrogens is 1. The number of hydrogen-bond donors (Lipinski definition) is 2. The van der Waals surface area contributed by atoms with Crippen molar-refractivity contribution in [2.24, 2.45) is 0 Å². The number of sulfone groups is 1. The van der Waals surface area contributed by atoms with E-state index in [-0.39, 0.29) is 24.2 Å². The van der Waals surface area contributed by atoms with E-state index in [1.807, 2.05) is 17.0 Å². The summed E-state index contributed by atoms with van der Waals surface area (Å²) in [5, 5.41) is 19.5. The number of nitrogens with one attached hydrogen (secondary N) is 1. The van der Waals surface area contributed by atoms with Crippen molar-refractivity contribution in [2.45, 2.75) is 18.5 Å². The summed E-state index contributed by atoms with van der Waals surface area (Å²) in [4.78, 5) is 19.4. The second kappa shape index (κ2) is 8.26. The van der Waals surface area contributed by atoms with E-state index in [0.717, 1.165) is 10.9 Å². The van der Waals surface area contributed by atoms with Crippen LogP contribution in [0.4, 0.5) is 0 Å². The van der Waals surface area contributed by atoms with Crippen LogP contribution in [0.5, 0.6) is 5.75 Å². The molecule has 0 amide bonds. The van der Waals surface area contributed by atoms with E-state index in [1.165, 1.54) is 0 Å². The number of carboxylic acid groups (broad SMARTS) is 1. The van der Waals surface area contributed by atoms with Crippen LogP contribution < -0.4 is 4.74 Å². The number of rotatable bonds is 6. The zero-order valence-electron chi connectivity index (χ0n) is 16.5. The van der Waals surface area contributed by atoms with Gasteiger partial charge in [0.15, 0.2) is 16.4 Å². The second-order valence-corrected chi connectivity index (χ2v) is 10.00. The number of benzene rings is 1. The number of ether oxygens (including phenoxy) is 1. The molecule has 2 atom stereocenters. The van der Waals surface area contributed by atoms with Crippen LogP contribution in [0.2, 0.25) is 0 Å². The molecule has 2 unspecified atom stereocenters. The van der Waals surface area contributed by atoms with Crippen molar-refractivity contribution < 1.29 is 23.1 Å². The number of carboxylic acids is 1. The molecule has 9 nitrogen and oxygen atoms in total. The first-order chi connectivity index (χ1) is 14.4. The summed E-state index contributed by atoms with van der Waals surface area (Å²) >= 11 is 0. The Bertz CT molecular complexity index is 1080. The van der Waals surface area contributed by atoms with Crippen LogP contribution in [-0.2, 0) is 14.6 Å². The highest BCUT2D eigenvalue weighted by Gasteiger charge is 2.37. The molecule has 0 bridgehead atoms. The van der Waals surface area contributed by atoms with Gasteiger partial charge in [0.1, 0.15) is 17.9 Å². The topological polar surface area (TPSA) is 127 Å². The first-order valence-electron chi connectivity index (χ1n) is 9.90. The summed E-state index contributed by atoms with van der Waals surface area (Å²) in [5.74, 6) is 0.0159. The number of aromatic amines is 1. The van der Waals surface area contributed by atoms with Crippen LogP contribution in [0, 0.1) is 11.3 Å². The zero-order chi connectivity index (χ0) is 21.3. The summed E-state index contributed by atoms with van der Waals surface area (Å²) in [5.41, 5.74) is 1.45. The predicted molar refractivity (Wildman–Crippen MR) is 110 cm³/mol. The van der Waals surface area contributed by atoms with Crippen molar-refractivity contribution in [3.63, 3.8) is 0 Å². The molecule has 2 N–H and O–H groups in total. The van der Waals surface area contributed by atoms with Crippen molar-refractivity contribution in [1.29, 1.82) is 5.26 Å². The quantitative estimate of drug-likeness (QED) is 0.692. The van der Waals surface area contributed by atoms with Gasteiger partial charge in [-0.3, -0.25) is 14.6 Å². The third-order valence-electron chi connectivity index (χ3n) is 5.96. The Morgan fingerprint density at radius 1 is 1.33 bits per heavy atom. The van der Waals surface area contributed by atoms with Crippen LogP contribution in [0.15, 0.2) is 24.4 Å². The highest BCUT2D eigenvalue weighted by molar-refractivity contribution is 7.91. The Morgan fingerprint density at radius 2 is 2.10 bits per heavy atom. The maximum Gasteiger partial charge on any atom is 0.325 e. The fourth-order valence-corrected chi connectivity index (χ4v) is 6.22. The highest BCUT2D eigenvalue weighted by atomic mass is 32.2. The minimum absolute atomic E-state index is 0.0355. The number of aromatic nitrogens is 1. The lowest BCUT2D eigenvalue weighted by atomic mass is 10.0. The lowest BCUT2D eigenvalue weighted by Crippen LogP contribution is -2.52. The monoisotopic (exact) mass is 432 g/mol. The van der Waals surface area contributed by atoms with Crippen LogP contribution in [-0.4, -0.2) is 84.6 Å². The zero-order valence-corrected chi connectivity index (χ0v) is 17.3. The van der Waals surface area contributed by atoms with Crippen LogP contribution >= 0.6 is 0 Å².